The number of hydrogen-bond donors (Lipinski definition) is 1. The first-order valence-electron chi connectivity index (χ1n) is 8.15. The fraction of sp³-hybridized carbons (Fsp3) is 0.150. The molecule has 3 rings (SSSR count). The van der Waals surface area contributed by atoms with E-state index in [1.165, 1.54) is 11.3 Å². The summed E-state index contributed by atoms with van der Waals surface area (Å²) in [5.41, 5.74) is 3.80. The van der Waals surface area contributed by atoms with E-state index in [-0.39, 0.29) is 0 Å². The van der Waals surface area contributed by atoms with Crippen LogP contribution in [0.25, 0.3) is 11.1 Å². The topological polar surface area (TPSA) is 70.0 Å². The average Bonchev–Trinajstić information content (AvgIpc) is 3.14. The average molecular weight is 383 g/mol. The second-order valence-electron chi connectivity index (χ2n) is 5.90. The quantitative estimate of drug-likeness (QED) is 0.678. The number of anilines is 1. The van der Waals surface area contributed by atoms with E-state index in [1.807, 2.05) is 50.2 Å². The molecule has 6 heteroatoms. The van der Waals surface area contributed by atoms with E-state index in [0.717, 1.165) is 28.0 Å². The van der Waals surface area contributed by atoms with Crippen LogP contribution < -0.4 is 4.72 Å². The third-order valence-electron chi connectivity index (χ3n) is 4.08. The Hall–Kier alpha value is -2.62. The highest BCUT2D eigenvalue weighted by Crippen LogP contribution is 2.29. The fourth-order valence-corrected chi connectivity index (χ4v) is 4.95. The predicted octanol–water partition coefficient (Wildman–Crippen LogP) is 4.96. The van der Waals surface area contributed by atoms with E-state index in [0.29, 0.717) is 15.5 Å². The first kappa shape index (κ1) is 18.2. The Morgan fingerprint density at radius 2 is 1.73 bits per heavy atom. The molecule has 0 saturated heterocycles. The van der Waals surface area contributed by atoms with E-state index < -0.39 is 10.0 Å². The summed E-state index contributed by atoms with van der Waals surface area (Å²) in [5.74, 6) is 0. The lowest BCUT2D eigenvalue weighted by Gasteiger charge is -2.12. The number of hydrogen-bond acceptors (Lipinski definition) is 4. The number of nitrogens with zero attached hydrogens (tertiary/aromatic N) is 1. The van der Waals surface area contributed by atoms with Gasteiger partial charge in [-0.25, -0.2) is 8.42 Å². The van der Waals surface area contributed by atoms with Crippen molar-refractivity contribution < 1.29 is 8.42 Å². The van der Waals surface area contributed by atoms with Crippen LogP contribution in [0.4, 0.5) is 5.69 Å². The van der Waals surface area contributed by atoms with E-state index in [9.17, 15) is 8.42 Å². The monoisotopic (exact) mass is 382 g/mol. The molecule has 2 aromatic carbocycles. The zero-order valence-electron chi connectivity index (χ0n) is 14.5. The Kier molecular flexibility index (Phi) is 5.12. The van der Waals surface area contributed by atoms with Crippen molar-refractivity contribution in [2.75, 3.05) is 4.72 Å². The van der Waals surface area contributed by atoms with Gasteiger partial charge in [-0.1, -0.05) is 31.2 Å². The van der Waals surface area contributed by atoms with E-state index in [4.69, 9.17) is 5.26 Å². The van der Waals surface area contributed by atoms with Crippen molar-refractivity contribution in [1.82, 2.24) is 0 Å². The second-order valence-corrected chi connectivity index (χ2v) is 8.98. The standard InChI is InChI=1S/C20H18N2O2S2/c1-3-18-10-11-20(25-18)26(23,24)22-19-12-17(7-4-14(19)2)16-8-5-15(13-21)6-9-16/h4-12,22H,3H2,1-2H3. The SMILES string of the molecule is CCc1ccc(S(=O)(=O)Nc2cc(-c3ccc(C#N)cc3)ccc2C)s1. The lowest BCUT2D eigenvalue weighted by atomic mass is 10.0. The molecule has 0 amide bonds. The van der Waals surface area contributed by atoms with Gasteiger partial charge in [-0.05, 0) is 60.4 Å². The van der Waals surface area contributed by atoms with Crippen LogP contribution in [0.5, 0.6) is 0 Å². The van der Waals surface area contributed by atoms with E-state index >= 15 is 0 Å². The molecule has 1 N–H and O–H groups in total. The minimum atomic E-state index is -3.61. The number of sulfonamides is 1. The largest absolute Gasteiger partial charge is 0.279 e. The molecule has 0 unspecified atom stereocenters. The van der Waals surface area contributed by atoms with Gasteiger partial charge < -0.3 is 0 Å². The van der Waals surface area contributed by atoms with Crippen molar-refractivity contribution in [1.29, 1.82) is 5.26 Å². The Morgan fingerprint density at radius 1 is 1.04 bits per heavy atom. The first-order chi connectivity index (χ1) is 12.4. The molecular weight excluding hydrogens is 364 g/mol. The molecule has 0 aliphatic carbocycles. The Balaban J connectivity index is 1.93. The number of thiophene rings is 1. The van der Waals surface area contributed by atoms with Gasteiger partial charge >= 0.3 is 0 Å². The molecule has 0 bridgehead atoms. The van der Waals surface area contributed by atoms with Crippen molar-refractivity contribution >= 4 is 27.0 Å². The van der Waals surface area contributed by atoms with Crippen LogP contribution in [0.3, 0.4) is 0 Å². The summed E-state index contributed by atoms with van der Waals surface area (Å²) < 4.78 is 28.4. The summed E-state index contributed by atoms with van der Waals surface area (Å²) in [7, 11) is -3.61. The fourth-order valence-electron chi connectivity index (χ4n) is 2.54. The maximum atomic E-state index is 12.7. The molecule has 4 nitrogen and oxygen atoms in total. The zero-order valence-corrected chi connectivity index (χ0v) is 16.1. The highest BCUT2D eigenvalue weighted by Gasteiger charge is 2.18. The lowest BCUT2D eigenvalue weighted by molar-refractivity contribution is 0.603. The molecule has 0 fully saturated rings. The van der Waals surface area contributed by atoms with E-state index in [2.05, 4.69) is 10.8 Å². The maximum Gasteiger partial charge on any atom is 0.271 e. The minimum absolute atomic E-state index is 0.317. The van der Waals surface area contributed by atoms with Gasteiger partial charge in [0.2, 0.25) is 0 Å². The van der Waals surface area contributed by atoms with Gasteiger partial charge in [-0.2, -0.15) is 5.26 Å². The molecule has 1 heterocycles. The van der Waals surface area contributed by atoms with Crippen LogP contribution in [0.1, 0.15) is 22.9 Å². The normalized spacial score (nSPS) is 11.1. The van der Waals surface area contributed by atoms with Crippen LogP contribution in [-0.2, 0) is 16.4 Å². The molecule has 132 valence electrons. The molecule has 0 radical (unpaired) electrons. The molecule has 1 aromatic heterocycles. The molecule has 26 heavy (non-hydrogen) atoms. The molecule has 0 aliphatic heterocycles. The van der Waals surface area contributed by atoms with Crippen LogP contribution in [0.2, 0.25) is 0 Å². The number of aryl methyl sites for hydroxylation is 2. The van der Waals surface area contributed by atoms with Crippen molar-refractivity contribution in [2.45, 2.75) is 24.5 Å². The first-order valence-corrected chi connectivity index (χ1v) is 10.5. The summed E-state index contributed by atoms with van der Waals surface area (Å²) in [6.07, 6.45) is 0.813. The summed E-state index contributed by atoms with van der Waals surface area (Å²) in [6.45, 7) is 3.87. The van der Waals surface area contributed by atoms with Crippen LogP contribution in [0.15, 0.2) is 58.8 Å². The zero-order chi connectivity index (χ0) is 18.7. The van der Waals surface area contributed by atoms with Gasteiger partial charge in [0.15, 0.2) is 0 Å². The van der Waals surface area contributed by atoms with Gasteiger partial charge in [0.25, 0.3) is 10.0 Å². The van der Waals surface area contributed by atoms with Crippen LogP contribution >= 0.6 is 11.3 Å². The third-order valence-corrected chi connectivity index (χ3v) is 7.17. The second kappa shape index (κ2) is 7.32. The van der Waals surface area contributed by atoms with E-state index in [1.54, 1.807) is 18.2 Å². The highest BCUT2D eigenvalue weighted by atomic mass is 32.2. The summed E-state index contributed by atoms with van der Waals surface area (Å²) in [6, 6.07) is 18.4. The van der Waals surface area contributed by atoms with Crippen LogP contribution in [0, 0.1) is 18.3 Å². The highest BCUT2D eigenvalue weighted by molar-refractivity contribution is 7.94. The molecule has 0 aliphatic rings. The third kappa shape index (κ3) is 3.79. The van der Waals surface area contributed by atoms with Crippen molar-refractivity contribution in [3.63, 3.8) is 0 Å². The van der Waals surface area contributed by atoms with Crippen molar-refractivity contribution in [3.05, 3.63) is 70.6 Å². The molecule has 3 aromatic rings. The number of rotatable bonds is 5. The Morgan fingerprint density at radius 3 is 2.35 bits per heavy atom. The van der Waals surface area contributed by atoms with Gasteiger partial charge in [-0.15, -0.1) is 11.3 Å². The number of nitrogens with one attached hydrogen (secondary N) is 1. The maximum absolute atomic E-state index is 12.7. The summed E-state index contributed by atoms with van der Waals surface area (Å²) in [5, 5.41) is 8.91. The van der Waals surface area contributed by atoms with Gasteiger partial charge in [0.05, 0.1) is 17.3 Å². The molecule has 0 saturated carbocycles. The minimum Gasteiger partial charge on any atom is -0.279 e. The van der Waals surface area contributed by atoms with Crippen LogP contribution in [-0.4, -0.2) is 8.42 Å². The summed E-state index contributed by atoms with van der Waals surface area (Å²) >= 11 is 1.29. The Labute approximate surface area is 157 Å². The molecule has 0 spiro atoms. The molecular formula is C20H18N2O2S2. The van der Waals surface area contributed by atoms with Crippen molar-refractivity contribution in [2.24, 2.45) is 0 Å². The summed E-state index contributed by atoms with van der Waals surface area (Å²) in [4.78, 5) is 1.04. The Bertz CT molecular complexity index is 1080. The van der Waals surface area contributed by atoms with Gasteiger partial charge in [-0.3, -0.25) is 4.72 Å². The smallest absolute Gasteiger partial charge is 0.271 e. The number of nitriles is 1. The lowest BCUT2D eigenvalue weighted by Crippen LogP contribution is -2.12. The number of benzene rings is 2. The van der Waals surface area contributed by atoms with Gasteiger partial charge in [0.1, 0.15) is 4.21 Å². The van der Waals surface area contributed by atoms with Gasteiger partial charge in [0, 0.05) is 4.88 Å². The molecule has 0 atom stereocenters. The predicted molar refractivity (Wildman–Crippen MR) is 106 cm³/mol. The van der Waals surface area contributed by atoms with Crippen molar-refractivity contribution in [3.8, 4) is 17.2 Å².